The number of phenols is 1. The molecule has 8 nitrogen and oxygen atoms in total. The number of halogens is 1. The van der Waals surface area contributed by atoms with Crippen LogP contribution in [0.1, 0.15) is 5.56 Å². The molecule has 2 aromatic rings. The minimum absolute atomic E-state index is 0.142. The first kappa shape index (κ1) is 20.2. The molecule has 0 aliphatic heterocycles. The second kappa shape index (κ2) is 8.49. The van der Waals surface area contributed by atoms with Crippen molar-refractivity contribution in [1.29, 1.82) is 0 Å². The molecule has 27 heavy (non-hydrogen) atoms. The number of benzene rings is 2. The van der Waals surface area contributed by atoms with Crippen LogP contribution in [0.5, 0.6) is 11.5 Å². The Morgan fingerprint density at radius 1 is 1.30 bits per heavy atom. The number of para-hydroxylation sites is 1. The summed E-state index contributed by atoms with van der Waals surface area (Å²) in [5.41, 5.74) is 2.62. The highest BCUT2D eigenvalue weighted by molar-refractivity contribution is 7.92. The highest BCUT2D eigenvalue weighted by Crippen LogP contribution is 2.27. The number of hydrazone groups is 1. The maximum absolute atomic E-state index is 13.0. The van der Waals surface area contributed by atoms with Gasteiger partial charge in [0.15, 0.2) is 11.5 Å². The summed E-state index contributed by atoms with van der Waals surface area (Å²) in [6.45, 7) is -0.550. The Hall–Kier alpha value is -3.14. The molecule has 0 aliphatic carbocycles. The fourth-order valence-corrected chi connectivity index (χ4v) is 3.01. The van der Waals surface area contributed by atoms with Gasteiger partial charge in [0.05, 0.1) is 25.3 Å². The molecule has 0 aromatic heterocycles. The van der Waals surface area contributed by atoms with E-state index in [-0.39, 0.29) is 17.2 Å². The summed E-state index contributed by atoms with van der Waals surface area (Å²) in [5, 5.41) is 13.6. The lowest BCUT2D eigenvalue weighted by atomic mass is 10.2. The lowest BCUT2D eigenvalue weighted by Crippen LogP contribution is -2.39. The molecule has 0 unspecified atom stereocenters. The minimum Gasteiger partial charge on any atom is -0.504 e. The molecule has 144 valence electrons. The van der Waals surface area contributed by atoms with Crippen molar-refractivity contribution in [3.63, 3.8) is 0 Å². The number of carbonyl (C=O) groups is 1. The standard InChI is InChI=1S/C17H18FN3O5S/c1-26-15-5-3-4-12(17(15)23)10-19-20-16(22)11-21(27(2,24)25)14-8-6-13(18)7-9-14/h3-10,23H,11H2,1-2H3,(H,20,22)/b19-10-. The van der Waals surface area contributed by atoms with Crippen molar-refractivity contribution in [2.24, 2.45) is 5.10 Å². The van der Waals surface area contributed by atoms with E-state index in [2.05, 4.69) is 10.5 Å². The van der Waals surface area contributed by atoms with Crippen LogP contribution >= 0.6 is 0 Å². The van der Waals surface area contributed by atoms with Gasteiger partial charge < -0.3 is 9.84 Å². The number of rotatable bonds is 7. The van der Waals surface area contributed by atoms with Gasteiger partial charge in [-0.15, -0.1) is 0 Å². The Morgan fingerprint density at radius 2 is 1.96 bits per heavy atom. The van der Waals surface area contributed by atoms with E-state index in [4.69, 9.17) is 4.74 Å². The zero-order valence-corrected chi connectivity index (χ0v) is 15.4. The molecule has 1 amide bonds. The lowest BCUT2D eigenvalue weighted by molar-refractivity contribution is -0.119. The third-order valence-electron chi connectivity index (χ3n) is 3.45. The van der Waals surface area contributed by atoms with E-state index in [9.17, 15) is 22.7 Å². The highest BCUT2D eigenvalue weighted by atomic mass is 32.2. The minimum atomic E-state index is -3.78. The first-order chi connectivity index (χ1) is 12.7. The Bertz CT molecular complexity index is 946. The van der Waals surface area contributed by atoms with E-state index in [0.29, 0.717) is 5.56 Å². The third kappa shape index (κ3) is 5.42. The second-order valence-corrected chi connectivity index (χ2v) is 7.34. The van der Waals surface area contributed by atoms with Gasteiger partial charge in [-0.1, -0.05) is 6.07 Å². The van der Waals surface area contributed by atoms with Crippen molar-refractivity contribution in [1.82, 2.24) is 5.43 Å². The number of hydrogen-bond donors (Lipinski definition) is 2. The number of aromatic hydroxyl groups is 1. The largest absolute Gasteiger partial charge is 0.504 e. The lowest BCUT2D eigenvalue weighted by Gasteiger charge is -2.21. The van der Waals surface area contributed by atoms with Gasteiger partial charge in [0, 0.05) is 5.56 Å². The number of methoxy groups -OCH3 is 1. The average molecular weight is 395 g/mol. The summed E-state index contributed by atoms with van der Waals surface area (Å²) in [5.74, 6) is -1.16. The molecule has 0 saturated carbocycles. The molecular formula is C17H18FN3O5S. The van der Waals surface area contributed by atoms with E-state index in [0.717, 1.165) is 22.7 Å². The van der Waals surface area contributed by atoms with Crippen LogP contribution in [0.25, 0.3) is 0 Å². The van der Waals surface area contributed by atoms with Crippen LogP contribution in [-0.4, -0.2) is 45.6 Å². The van der Waals surface area contributed by atoms with Gasteiger partial charge in [-0.2, -0.15) is 5.10 Å². The molecule has 2 rings (SSSR count). The van der Waals surface area contributed by atoms with E-state index in [1.165, 1.54) is 25.5 Å². The molecule has 0 radical (unpaired) electrons. The third-order valence-corrected chi connectivity index (χ3v) is 4.59. The van der Waals surface area contributed by atoms with Gasteiger partial charge in [0.1, 0.15) is 12.4 Å². The Kier molecular flexibility index (Phi) is 6.35. The van der Waals surface area contributed by atoms with Crippen molar-refractivity contribution >= 4 is 27.8 Å². The van der Waals surface area contributed by atoms with E-state index >= 15 is 0 Å². The number of sulfonamides is 1. The van der Waals surface area contributed by atoms with Crippen LogP contribution in [0.3, 0.4) is 0 Å². The van der Waals surface area contributed by atoms with Crippen molar-refractivity contribution in [3.8, 4) is 11.5 Å². The van der Waals surface area contributed by atoms with Crippen LogP contribution in [0.4, 0.5) is 10.1 Å². The van der Waals surface area contributed by atoms with Gasteiger partial charge in [0.2, 0.25) is 10.0 Å². The summed E-state index contributed by atoms with van der Waals surface area (Å²) in [6.07, 6.45) is 2.12. The van der Waals surface area contributed by atoms with Crippen LogP contribution in [0.15, 0.2) is 47.6 Å². The van der Waals surface area contributed by atoms with Gasteiger partial charge in [0.25, 0.3) is 5.91 Å². The van der Waals surface area contributed by atoms with Crippen LogP contribution in [-0.2, 0) is 14.8 Å². The first-order valence-electron chi connectivity index (χ1n) is 7.63. The first-order valence-corrected chi connectivity index (χ1v) is 9.48. The average Bonchev–Trinajstić information content (AvgIpc) is 2.61. The highest BCUT2D eigenvalue weighted by Gasteiger charge is 2.20. The normalized spacial score (nSPS) is 11.4. The molecule has 10 heteroatoms. The Labute approximate surface area is 155 Å². The number of nitrogens with zero attached hydrogens (tertiary/aromatic N) is 2. The molecule has 0 fully saturated rings. The fourth-order valence-electron chi connectivity index (χ4n) is 2.16. The number of carbonyl (C=O) groups excluding carboxylic acids is 1. The molecule has 0 heterocycles. The van der Waals surface area contributed by atoms with Crippen molar-refractivity contribution in [2.45, 2.75) is 0 Å². The van der Waals surface area contributed by atoms with Gasteiger partial charge in [-0.25, -0.2) is 18.2 Å². The predicted octanol–water partition coefficient (Wildman–Crippen LogP) is 1.46. The van der Waals surface area contributed by atoms with Crippen molar-refractivity contribution in [3.05, 3.63) is 53.8 Å². The summed E-state index contributed by atoms with van der Waals surface area (Å²) < 4.78 is 42.7. The summed E-state index contributed by atoms with van der Waals surface area (Å²) >= 11 is 0. The summed E-state index contributed by atoms with van der Waals surface area (Å²) in [7, 11) is -2.38. The topological polar surface area (TPSA) is 108 Å². The van der Waals surface area contributed by atoms with Crippen LogP contribution in [0, 0.1) is 5.82 Å². The number of amides is 1. The molecule has 2 N–H and O–H groups in total. The zero-order chi connectivity index (χ0) is 20.0. The monoisotopic (exact) mass is 395 g/mol. The fraction of sp³-hybridized carbons (Fsp3) is 0.176. The van der Waals surface area contributed by atoms with Gasteiger partial charge in [-0.3, -0.25) is 9.10 Å². The number of ether oxygens (including phenoxy) is 1. The van der Waals surface area contributed by atoms with Gasteiger partial charge in [-0.05, 0) is 36.4 Å². The Morgan fingerprint density at radius 3 is 2.56 bits per heavy atom. The molecule has 0 saturated heterocycles. The maximum Gasteiger partial charge on any atom is 0.260 e. The van der Waals surface area contributed by atoms with E-state index in [1.54, 1.807) is 18.2 Å². The molecule has 2 aromatic carbocycles. The SMILES string of the molecule is COc1cccc(/C=N\NC(=O)CN(c2ccc(F)cc2)S(C)(=O)=O)c1O. The van der Waals surface area contributed by atoms with Gasteiger partial charge >= 0.3 is 0 Å². The summed E-state index contributed by atoms with van der Waals surface area (Å²) in [6, 6.07) is 9.42. The summed E-state index contributed by atoms with van der Waals surface area (Å²) in [4.78, 5) is 12.0. The number of phenolic OH excluding ortho intramolecular Hbond substituents is 1. The van der Waals surface area contributed by atoms with E-state index < -0.39 is 28.3 Å². The van der Waals surface area contributed by atoms with E-state index in [1.807, 2.05) is 0 Å². The number of nitrogens with one attached hydrogen (secondary N) is 1. The second-order valence-electron chi connectivity index (χ2n) is 5.44. The quantitative estimate of drug-likeness (QED) is 0.545. The molecule has 0 atom stereocenters. The molecule has 0 bridgehead atoms. The van der Waals surface area contributed by atoms with Crippen molar-refractivity contribution < 1.29 is 27.4 Å². The van der Waals surface area contributed by atoms with Crippen LogP contribution in [0.2, 0.25) is 0 Å². The smallest absolute Gasteiger partial charge is 0.260 e. The molecular weight excluding hydrogens is 377 g/mol. The number of hydrogen-bond acceptors (Lipinski definition) is 6. The number of anilines is 1. The molecule has 0 aliphatic rings. The van der Waals surface area contributed by atoms with Crippen LogP contribution < -0.4 is 14.5 Å². The zero-order valence-electron chi connectivity index (χ0n) is 14.6. The van der Waals surface area contributed by atoms with Crippen molar-refractivity contribution in [2.75, 3.05) is 24.2 Å². The maximum atomic E-state index is 13.0. The Balaban J connectivity index is 2.09. The molecule has 0 spiro atoms. The predicted molar refractivity (Wildman–Crippen MR) is 99.0 cm³/mol.